The average Bonchev–Trinajstić information content (AvgIpc) is 2.49. The maximum atomic E-state index is 12.0. The van der Waals surface area contributed by atoms with Crippen molar-refractivity contribution in [1.82, 2.24) is 15.3 Å². The molecule has 22 heavy (non-hydrogen) atoms. The number of halogens is 1. The van der Waals surface area contributed by atoms with E-state index in [1.54, 1.807) is 6.07 Å². The highest BCUT2D eigenvalue weighted by atomic mass is 35.5. The summed E-state index contributed by atoms with van der Waals surface area (Å²) in [5, 5.41) is 6.62. The number of carbonyl (C=O) groups excluding carboxylic acids is 1. The molecule has 1 aromatic carbocycles. The van der Waals surface area contributed by atoms with E-state index in [9.17, 15) is 4.79 Å². The highest BCUT2D eigenvalue weighted by Crippen LogP contribution is 2.22. The van der Waals surface area contributed by atoms with Crippen LogP contribution in [0.5, 0.6) is 0 Å². The number of rotatable bonds is 5. The Morgan fingerprint density at radius 3 is 2.73 bits per heavy atom. The highest BCUT2D eigenvalue weighted by molar-refractivity contribution is 6.31. The Bertz CT molecular complexity index is 673. The van der Waals surface area contributed by atoms with Gasteiger partial charge >= 0.3 is 0 Å². The second kappa shape index (κ2) is 7.22. The van der Waals surface area contributed by atoms with Crippen LogP contribution in [0.1, 0.15) is 29.9 Å². The normalized spacial score (nSPS) is 10.6. The van der Waals surface area contributed by atoms with Crippen molar-refractivity contribution in [2.45, 2.75) is 20.8 Å². The average molecular weight is 319 g/mol. The molecule has 0 aliphatic heterocycles. The fourth-order valence-corrected chi connectivity index (χ4v) is 1.94. The number of carbonyl (C=O) groups is 1. The summed E-state index contributed by atoms with van der Waals surface area (Å²) in [5.74, 6) is 0.726. The molecular formula is C16H19ClN4O. The van der Waals surface area contributed by atoms with Crippen molar-refractivity contribution < 1.29 is 4.79 Å². The number of hydrogen-bond acceptors (Lipinski definition) is 4. The first-order valence-corrected chi connectivity index (χ1v) is 7.47. The predicted molar refractivity (Wildman–Crippen MR) is 88.7 cm³/mol. The zero-order valence-electron chi connectivity index (χ0n) is 12.9. The molecule has 116 valence electrons. The van der Waals surface area contributed by atoms with Crippen molar-refractivity contribution in [1.29, 1.82) is 0 Å². The summed E-state index contributed by atoms with van der Waals surface area (Å²) in [5.41, 5.74) is 2.14. The number of amides is 1. The molecule has 0 fully saturated rings. The van der Waals surface area contributed by atoms with Crippen LogP contribution in [0.25, 0.3) is 0 Å². The van der Waals surface area contributed by atoms with Gasteiger partial charge < -0.3 is 10.6 Å². The summed E-state index contributed by atoms with van der Waals surface area (Å²) in [6, 6.07) is 7.25. The zero-order chi connectivity index (χ0) is 16.1. The SMILES string of the molecule is Cc1ccc(Nc2cc(C(=O)NCC(C)C)ncn2)cc1Cl. The highest BCUT2D eigenvalue weighted by Gasteiger charge is 2.09. The van der Waals surface area contributed by atoms with E-state index in [0.717, 1.165) is 11.3 Å². The van der Waals surface area contributed by atoms with E-state index in [-0.39, 0.29) is 5.91 Å². The molecule has 0 unspecified atom stereocenters. The lowest BCUT2D eigenvalue weighted by molar-refractivity contribution is 0.0944. The molecule has 5 nitrogen and oxygen atoms in total. The lowest BCUT2D eigenvalue weighted by Crippen LogP contribution is -2.28. The van der Waals surface area contributed by atoms with Gasteiger partial charge in [0, 0.05) is 23.3 Å². The van der Waals surface area contributed by atoms with Gasteiger partial charge in [0.2, 0.25) is 0 Å². The third-order valence-electron chi connectivity index (χ3n) is 3.01. The predicted octanol–water partition coefficient (Wildman–Crippen LogP) is 3.57. The van der Waals surface area contributed by atoms with E-state index in [1.807, 2.05) is 39.0 Å². The summed E-state index contributed by atoms with van der Waals surface area (Å²) in [6.07, 6.45) is 1.36. The van der Waals surface area contributed by atoms with Crippen molar-refractivity contribution in [2.24, 2.45) is 5.92 Å². The van der Waals surface area contributed by atoms with Crippen LogP contribution in [-0.4, -0.2) is 22.4 Å². The van der Waals surface area contributed by atoms with E-state index in [1.165, 1.54) is 6.33 Å². The van der Waals surface area contributed by atoms with E-state index in [2.05, 4.69) is 20.6 Å². The molecule has 1 amide bonds. The van der Waals surface area contributed by atoms with Crippen molar-refractivity contribution in [3.63, 3.8) is 0 Å². The molecule has 0 radical (unpaired) electrons. The standard InChI is InChI=1S/C16H19ClN4O/c1-10(2)8-18-16(22)14-7-15(20-9-19-14)21-12-5-4-11(3)13(17)6-12/h4-7,9-10H,8H2,1-3H3,(H,18,22)(H,19,20,21). The minimum Gasteiger partial charge on any atom is -0.350 e. The van der Waals surface area contributed by atoms with E-state index in [0.29, 0.717) is 29.0 Å². The van der Waals surface area contributed by atoms with Gasteiger partial charge in [0.1, 0.15) is 17.8 Å². The molecular weight excluding hydrogens is 300 g/mol. The monoisotopic (exact) mass is 318 g/mol. The fourth-order valence-electron chi connectivity index (χ4n) is 1.76. The van der Waals surface area contributed by atoms with Gasteiger partial charge in [-0.25, -0.2) is 9.97 Å². The van der Waals surface area contributed by atoms with Crippen molar-refractivity contribution in [2.75, 3.05) is 11.9 Å². The van der Waals surface area contributed by atoms with Crippen LogP contribution in [0.3, 0.4) is 0 Å². The third kappa shape index (κ3) is 4.43. The van der Waals surface area contributed by atoms with Crippen molar-refractivity contribution >= 4 is 29.0 Å². The summed E-state index contributed by atoms with van der Waals surface area (Å²) in [6.45, 7) is 6.62. The van der Waals surface area contributed by atoms with Crippen LogP contribution in [0.15, 0.2) is 30.6 Å². The molecule has 6 heteroatoms. The molecule has 0 bridgehead atoms. The Kier molecular flexibility index (Phi) is 5.33. The summed E-state index contributed by atoms with van der Waals surface area (Å²) in [4.78, 5) is 20.1. The smallest absolute Gasteiger partial charge is 0.270 e. The van der Waals surface area contributed by atoms with Gasteiger partial charge in [0.05, 0.1) is 0 Å². The van der Waals surface area contributed by atoms with Crippen LogP contribution in [0, 0.1) is 12.8 Å². The molecule has 0 saturated carbocycles. The maximum absolute atomic E-state index is 12.0. The van der Waals surface area contributed by atoms with E-state index in [4.69, 9.17) is 11.6 Å². The van der Waals surface area contributed by atoms with Gasteiger partial charge in [0.25, 0.3) is 5.91 Å². The third-order valence-corrected chi connectivity index (χ3v) is 3.42. The topological polar surface area (TPSA) is 66.9 Å². The van der Waals surface area contributed by atoms with Gasteiger partial charge in [-0.2, -0.15) is 0 Å². The Balaban J connectivity index is 2.10. The number of aryl methyl sites for hydroxylation is 1. The first kappa shape index (κ1) is 16.2. The second-order valence-corrected chi connectivity index (χ2v) is 5.89. The quantitative estimate of drug-likeness (QED) is 0.884. The Hall–Kier alpha value is -2.14. The number of benzene rings is 1. The maximum Gasteiger partial charge on any atom is 0.270 e. The molecule has 0 aliphatic carbocycles. The van der Waals surface area contributed by atoms with Gasteiger partial charge in [-0.15, -0.1) is 0 Å². The van der Waals surface area contributed by atoms with Gasteiger partial charge in [-0.1, -0.05) is 31.5 Å². The minimum absolute atomic E-state index is 0.207. The van der Waals surface area contributed by atoms with Crippen molar-refractivity contribution in [3.8, 4) is 0 Å². The molecule has 0 atom stereocenters. The number of aromatic nitrogens is 2. The van der Waals surface area contributed by atoms with Gasteiger partial charge in [0.15, 0.2) is 0 Å². The largest absolute Gasteiger partial charge is 0.350 e. The van der Waals surface area contributed by atoms with E-state index >= 15 is 0 Å². The first-order valence-electron chi connectivity index (χ1n) is 7.09. The van der Waals surface area contributed by atoms with Crippen LogP contribution in [0.4, 0.5) is 11.5 Å². The molecule has 2 N–H and O–H groups in total. The van der Waals surface area contributed by atoms with Crippen LogP contribution < -0.4 is 10.6 Å². The Morgan fingerprint density at radius 2 is 2.05 bits per heavy atom. The summed E-state index contributed by atoms with van der Waals surface area (Å²) < 4.78 is 0. The summed E-state index contributed by atoms with van der Waals surface area (Å²) >= 11 is 6.10. The lowest BCUT2D eigenvalue weighted by atomic mass is 10.2. The second-order valence-electron chi connectivity index (χ2n) is 5.48. The fraction of sp³-hybridized carbons (Fsp3) is 0.312. The van der Waals surface area contributed by atoms with E-state index < -0.39 is 0 Å². The summed E-state index contributed by atoms with van der Waals surface area (Å²) in [7, 11) is 0. The molecule has 0 saturated heterocycles. The number of nitrogens with zero attached hydrogens (tertiary/aromatic N) is 2. The zero-order valence-corrected chi connectivity index (χ0v) is 13.6. The molecule has 1 heterocycles. The molecule has 0 spiro atoms. The van der Waals surface area contributed by atoms with Crippen LogP contribution >= 0.6 is 11.6 Å². The molecule has 2 aromatic rings. The Labute approximate surface area is 135 Å². The van der Waals surface area contributed by atoms with Crippen LogP contribution in [-0.2, 0) is 0 Å². The Morgan fingerprint density at radius 1 is 1.27 bits per heavy atom. The first-order chi connectivity index (χ1) is 10.5. The van der Waals surface area contributed by atoms with Gasteiger partial charge in [-0.05, 0) is 30.5 Å². The number of nitrogens with one attached hydrogen (secondary N) is 2. The van der Waals surface area contributed by atoms with Gasteiger partial charge in [-0.3, -0.25) is 4.79 Å². The molecule has 0 aliphatic rings. The van der Waals surface area contributed by atoms with Crippen LogP contribution in [0.2, 0.25) is 5.02 Å². The lowest BCUT2D eigenvalue weighted by Gasteiger charge is -2.09. The minimum atomic E-state index is -0.207. The number of anilines is 2. The molecule has 2 rings (SSSR count). The number of hydrogen-bond donors (Lipinski definition) is 2. The van der Waals surface area contributed by atoms with Crippen molar-refractivity contribution in [3.05, 3.63) is 46.9 Å². The molecule has 1 aromatic heterocycles.